The van der Waals surface area contributed by atoms with Crippen LogP contribution >= 0.6 is 11.3 Å². The van der Waals surface area contributed by atoms with Gasteiger partial charge in [-0.1, -0.05) is 6.07 Å². The molecule has 4 atom stereocenters. The first-order valence-corrected chi connectivity index (χ1v) is 18.0. The van der Waals surface area contributed by atoms with E-state index in [0.717, 1.165) is 47.8 Å². The number of thiazole rings is 1. The van der Waals surface area contributed by atoms with E-state index in [1.54, 1.807) is 11.1 Å². The number of fused-ring (bicyclic) bond motifs is 1. The maximum Gasteiger partial charge on any atom is 0.228 e. The fourth-order valence-corrected chi connectivity index (χ4v) is 8.46. The highest BCUT2D eigenvalue weighted by Crippen LogP contribution is 2.45. The van der Waals surface area contributed by atoms with Gasteiger partial charge in [0.15, 0.2) is 0 Å². The fourth-order valence-electron chi connectivity index (χ4n) is 6.28. The van der Waals surface area contributed by atoms with Crippen LogP contribution in [0.5, 0.6) is 0 Å². The molecule has 1 unspecified atom stereocenters. The molecule has 238 valence electrons. The Labute approximate surface area is 263 Å². The molecule has 4 aromatic rings. The second-order valence-electron chi connectivity index (χ2n) is 12.5. The molecule has 45 heavy (non-hydrogen) atoms. The lowest BCUT2D eigenvalue weighted by molar-refractivity contribution is 0.0216. The SMILES string of the molecule is Cc1nc(N(Cc2c(F)cccc2F)C2CC2)nc(NC2C[C@H](CS(C)(=O)=O)[C@@H](O)[C@H]2O)c1-c1nc2c(C3CC3)nccc2s1. The van der Waals surface area contributed by atoms with Gasteiger partial charge in [-0.3, -0.25) is 4.98 Å². The molecule has 14 heteroatoms. The molecular formula is C31H34F2N6O4S2. The number of aliphatic hydroxyl groups is 2. The van der Waals surface area contributed by atoms with Gasteiger partial charge in [-0.25, -0.2) is 27.2 Å². The van der Waals surface area contributed by atoms with Gasteiger partial charge in [0.2, 0.25) is 5.95 Å². The smallest absolute Gasteiger partial charge is 0.228 e. The average Bonchev–Trinajstić information content (AvgIpc) is 3.91. The third-order valence-corrected chi connectivity index (χ3v) is 10.9. The van der Waals surface area contributed by atoms with Gasteiger partial charge < -0.3 is 20.4 Å². The maximum absolute atomic E-state index is 14.7. The van der Waals surface area contributed by atoms with Crippen molar-refractivity contribution in [3.63, 3.8) is 0 Å². The van der Waals surface area contributed by atoms with E-state index < -0.39 is 45.6 Å². The van der Waals surface area contributed by atoms with E-state index in [2.05, 4.69) is 10.3 Å². The van der Waals surface area contributed by atoms with Crippen LogP contribution in [-0.4, -0.2) is 74.9 Å². The number of halogens is 2. The van der Waals surface area contributed by atoms with E-state index in [-0.39, 0.29) is 36.3 Å². The van der Waals surface area contributed by atoms with Crippen molar-refractivity contribution in [3.8, 4) is 10.6 Å². The van der Waals surface area contributed by atoms with E-state index in [4.69, 9.17) is 15.0 Å². The molecule has 10 nitrogen and oxygen atoms in total. The zero-order chi connectivity index (χ0) is 31.6. The molecule has 0 aliphatic heterocycles. The Hall–Kier alpha value is -3.33. The van der Waals surface area contributed by atoms with Crippen LogP contribution in [0.2, 0.25) is 0 Å². The Kier molecular flexibility index (Phi) is 7.74. The number of rotatable bonds is 10. The van der Waals surface area contributed by atoms with Crippen LogP contribution in [0.3, 0.4) is 0 Å². The van der Waals surface area contributed by atoms with Crippen molar-refractivity contribution in [1.82, 2.24) is 19.9 Å². The Bertz CT molecular complexity index is 1860. The largest absolute Gasteiger partial charge is 0.390 e. The molecule has 3 aromatic heterocycles. The summed E-state index contributed by atoms with van der Waals surface area (Å²) in [5.74, 6) is -1.24. The molecule has 0 amide bonds. The van der Waals surface area contributed by atoms with Gasteiger partial charge in [-0.15, -0.1) is 11.3 Å². The quantitative estimate of drug-likeness (QED) is 0.226. The summed E-state index contributed by atoms with van der Waals surface area (Å²) in [6, 6.07) is 4.98. The average molecular weight is 657 g/mol. The normalized spacial score (nSPS) is 23.5. The predicted octanol–water partition coefficient (Wildman–Crippen LogP) is 4.35. The number of hydrogen-bond donors (Lipinski definition) is 3. The summed E-state index contributed by atoms with van der Waals surface area (Å²) < 4.78 is 54.5. The lowest BCUT2D eigenvalue weighted by atomic mass is 10.1. The zero-order valence-electron chi connectivity index (χ0n) is 24.8. The molecule has 1 aromatic carbocycles. The highest BCUT2D eigenvalue weighted by Gasteiger charge is 2.43. The van der Waals surface area contributed by atoms with Gasteiger partial charge in [-0.05, 0) is 57.2 Å². The van der Waals surface area contributed by atoms with E-state index in [1.807, 2.05) is 13.0 Å². The lowest BCUT2D eigenvalue weighted by Crippen LogP contribution is -2.36. The van der Waals surface area contributed by atoms with Gasteiger partial charge in [0.25, 0.3) is 0 Å². The van der Waals surface area contributed by atoms with Crippen molar-refractivity contribution < 1.29 is 27.4 Å². The van der Waals surface area contributed by atoms with Gasteiger partial charge in [0, 0.05) is 35.9 Å². The third-order valence-electron chi connectivity index (χ3n) is 8.87. The standard InChI is InChI=1S/C31H34F2N6O4S2/c1-15-24(30-37-26-23(44-30)10-11-34-25(26)16-6-7-16)29(36-22-12-17(14-45(2,42)43)27(40)28(22)41)38-31(35-15)39(18-8-9-18)13-19-20(32)4-3-5-21(19)33/h3-5,10-11,16-18,22,27-28,40-41H,6-9,12-14H2,1-2H3,(H,35,36,38)/t17-,22?,27-,28+/m1/s1. The summed E-state index contributed by atoms with van der Waals surface area (Å²) in [5.41, 5.74) is 2.89. The lowest BCUT2D eigenvalue weighted by Gasteiger charge is -2.26. The molecule has 7 rings (SSSR count). The second-order valence-corrected chi connectivity index (χ2v) is 15.8. The molecule has 3 saturated carbocycles. The molecule has 3 aliphatic rings. The van der Waals surface area contributed by atoms with Gasteiger partial charge in [0.05, 0.1) is 46.1 Å². The monoisotopic (exact) mass is 656 g/mol. The summed E-state index contributed by atoms with van der Waals surface area (Å²) in [5, 5.41) is 25.7. The number of benzene rings is 1. The van der Waals surface area contributed by atoms with Crippen LogP contribution in [-0.2, 0) is 16.4 Å². The molecule has 0 spiro atoms. The first-order chi connectivity index (χ1) is 21.5. The Morgan fingerprint density at radius 3 is 2.44 bits per heavy atom. The molecule has 0 radical (unpaired) electrons. The fraction of sp³-hybridized carbons (Fsp3) is 0.484. The minimum atomic E-state index is -3.40. The van der Waals surface area contributed by atoms with Crippen LogP contribution < -0.4 is 10.2 Å². The van der Waals surface area contributed by atoms with Crippen LogP contribution in [0.1, 0.15) is 55.0 Å². The minimum Gasteiger partial charge on any atom is -0.390 e. The van der Waals surface area contributed by atoms with Gasteiger partial charge in [-0.2, -0.15) is 4.98 Å². The summed E-state index contributed by atoms with van der Waals surface area (Å²) in [6.07, 6.45) is 4.36. The Morgan fingerprint density at radius 2 is 1.78 bits per heavy atom. The van der Waals surface area contributed by atoms with E-state index in [0.29, 0.717) is 28.0 Å². The summed E-state index contributed by atoms with van der Waals surface area (Å²) >= 11 is 1.47. The maximum atomic E-state index is 14.7. The van der Waals surface area contributed by atoms with Crippen LogP contribution in [0.4, 0.5) is 20.5 Å². The van der Waals surface area contributed by atoms with Crippen LogP contribution in [0, 0.1) is 24.5 Å². The van der Waals surface area contributed by atoms with Crippen molar-refractivity contribution in [2.45, 2.75) is 75.8 Å². The van der Waals surface area contributed by atoms with Crippen LogP contribution in [0.15, 0.2) is 30.5 Å². The summed E-state index contributed by atoms with van der Waals surface area (Å²) in [4.78, 5) is 21.1. The number of anilines is 2. The summed E-state index contributed by atoms with van der Waals surface area (Å²) in [7, 11) is -3.40. The van der Waals surface area contributed by atoms with Crippen molar-refractivity contribution in [2.24, 2.45) is 5.92 Å². The molecule has 3 aliphatic carbocycles. The molecule has 0 saturated heterocycles. The topological polar surface area (TPSA) is 141 Å². The number of hydrogen-bond acceptors (Lipinski definition) is 11. The van der Waals surface area contributed by atoms with Crippen molar-refractivity contribution in [1.29, 1.82) is 0 Å². The number of sulfone groups is 1. The number of aryl methyl sites for hydroxylation is 1. The van der Waals surface area contributed by atoms with Crippen molar-refractivity contribution >= 4 is 43.2 Å². The van der Waals surface area contributed by atoms with E-state index in [9.17, 15) is 27.4 Å². The number of aromatic nitrogens is 4. The number of nitrogens with one attached hydrogen (secondary N) is 1. The molecule has 3 fully saturated rings. The predicted molar refractivity (Wildman–Crippen MR) is 168 cm³/mol. The first-order valence-electron chi connectivity index (χ1n) is 15.1. The second kappa shape index (κ2) is 11.5. The molecule has 3 heterocycles. The highest BCUT2D eigenvalue weighted by atomic mass is 32.2. The van der Waals surface area contributed by atoms with Gasteiger partial charge >= 0.3 is 0 Å². The third kappa shape index (κ3) is 6.12. The Balaban J connectivity index is 1.31. The number of pyridine rings is 1. The number of nitrogens with zero attached hydrogens (tertiary/aromatic N) is 5. The molecule has 3 N–H and O–H groups in total. The van der Waals surface area contributed by atoms with E-state index >= 15 is 0 Å². The van der Waals surface area contributed by atoms with Crippen molar-refractivity contribution in [3.05, 3.63) is 59.0 Å². The molecular weight excluding hydrogens is 623 g/mol. The zero-order valence-corrected chi connectivity index (χ0v) is 26.5. The highest BCUT2D eigenvalue weighted by molar-refractivity contribution is 7.90. The summed E-state index contributed by atoms with van der Waals surface area (Å²) in [6.45, 7) is 1.75. The van der Waals surface area contributed by atoms with E-state index in [1.165, 1.54) is 29.5 Å². The molecule has 0 bridgehead atoms. The first kappa shape index (κ1) is 30.3. The number of aliphatic hydroxyl groups excluding tert-OH is 2. The van der Waals surface area contributed by atoms with Crippen LogP contribution in [0.25, 0.3) is 20.8 Å². The van der Waals surface area contributed by atoms with Gasteiger partial charge in [0.1, 0.15) is 43.9 Å². The minimum absolute atomic E-state index is 0.00485. The van der Waals surface area contributed by atoms with Crippen molar-refractivity contribution in [2.75, 3.05) is 22.2 Å². The Morgan fingerprint density at radius 1 is 1.04 bits per heavy atom.